The fourth-order valence-corrected chi connectivity index (χ4v) is 2.35. The van der Waals surface area contributed by atoms with Crippen molar-refractivity contribution < 1.29 is 15.0 Å². The van der Waals surface area contributed by atoms with Gasteiger partial charge in [-0.05, 0) is 25.1 Å². The highest BCUT2D eigenvalue weighted by atomic mass is 79.9. The normalized spacial score (nSPS) is 14.6. The smallest absolute Gasteiger partial charge is 0.336 e. The lowest BCUT2D eigenvalue weighted by Gasteiger charge is -2.16. The zero-order chi connectivity index (χ0) is 11.5. The van der Waals surface area contributed by atoms with Crippen molar-refractivity contribution in [2.75, 3.05) is 5.75 Å². The van der Waals surface area contributed by atoms with Gasteiger partial charge in [-0.15, -0.1) is 11.8 Å². The Kier molecular flexibility index (Phi) is 4.19. The number of halogens is 1. The maximum Gasteiger partial charge on any atom is 0.336 e. The molecule has 0 aliphatic carbocycles. The predicted octanol–water partition coefficient (Wildman–Crippen LogP) is 2.38. The van der Waals surface area contributed by atoms with Crippen molar-refractivity contribution >= 4 is 33.7 Å². The summed E-state index contributed by atoms with van der Waals surface area (Å²) in [7, 11) is 0. The molecule has 1 aromatic rings. The molecule has 0 aromatic heterocycles. The van der Waals surface area contributed by atoms with Crippen LogP contribution in [0.4, 0.5) is 0 Å². The van der Waals surface area contributed by atoms with Crippen molar-refractivity contribution in [3.05, 3.63) is 28.7 Å². The number of hydrogen-bond donors (Lipinski definition) is 2. The highest BCUT2D eigenvalue weighted by Crippen LogP contribution is 2.25. The fourth-order valence-electron chi connectivity index (χ4n) is 0.842. The quantitative estimate of drug-likeness (QED) is 0.836. The molecule has 0 heterocycles. The molecular formula is C10H11BrO3S. The minimum atomic E-state index is -1.69. The zero-order valence-electron chi connectivity index (χ0n) is 8.11. The summed E-state index contributed by atoms with van der Waals surface area (Å²) < 4.78 is 0.933. The molecule has 3 nitrogen and oxygen atoms in total. The number of benzene rings is 1. The molecule has 0 saturated carbocycles. The van der Waals surface area contributed by atoms with Crippen molar-refractivity contribution in [3.63, 3.8) is 0 Å². The summed E-state index contributed by atoms with van der Waals surface area (Å²) in [5, 5.41) is 18.2. The van der Waals surface area contributed by atoms with Gasteiger partial charge in [0.05, 0.1) is 0 Å². The van der Waals surface area contributed by atoms with E-state index in [1.807, 2.05) is 24.3 Å². The van der Waals surface area contributed by atoms with Crippen molar-refractivity contribution in [2.45, 2.75) is 17.4 Å². The van der Waals surface area contributed by atoms with Gasteiger partial charge in [-0.3, -0.25) is 0 Å². The average molecular weight is 291 g/mol. The Labute approximate surface area is 101 Å². The highest BCUT2D eigenvalue weighted by Gasteiger charge is 2.29. The first-order chi connectivity index (χ1) is 6.92. The van der Waals surface area contributed by atoms with E-state index in [-0.39, 0.29) is 5.75 Å². The molecule has 1 unspecified atom stereocenters. The van der Waals surface area contributed by atoms with Gasteiger partial charge < -0.3 is 10.2 Å². The van der Waals surface area contributed by atoms with Crippen LogP contribution in [0.25, 0.3) is 0 Å². The molecule has 82 valence electrons. The second-order valence-corrected chi connectivity index (χ2v) is 5.29. The molecule has 15 heavy (non-hydrogen) atoms. The van der Waals surface area contributed by atoms with Crippen LogP contribution in [0.2, 0.25) is 0 Å². The van der Waals surface area contributed by atoms with E-state index in [0.717, 1.165) is 9.37 Å². The first-order valence-corrected chi connectivity index (χ1v) is 6.04. The maximum atomic E-state index is 10.6. The number of thioether (sulfide) groups is 1. The Morgan fingerprint density at radius 1 is 1.60 bits per heavy atom. The Balaban J connectivity index is 2.61. The van der Waals surface area contributed by atoms with Gasteiger partial charge in [-0.1, -0.05) is 22.0 Å². The third kappa shape index (κ3) is 3.85. The Hall–Kier alpha value is -0.520. The summed E-state index contributed by atoms with van der Waals surface area (Å²) in [6.45, 7) is 1.29. The summed E-state index contributed by atoms with van der Waals surface area (Å²) in [5.74, 6) is -1.08. The predicted molar refractivity (Wildman–Crippen MR) is 63.1 cm³/mol. The number of aliphatic hydroxyl groups is 1. The lowest BCUT2D eigenvalue weighted by molar-refractivity contribution is -0.154. The molecule has 0 aliphatic rings. The Bertz CT molecular complexity index is 365. The van der Waals surface area contributed by atoms with Crippen molar-refractivity contribution in [3.8, 4) is 0 Å². The van der Waals surface area contributed by atoms with Crippen LogP contribution < -0.4 is 0 Å². The molecule has 0 saturated heterocycles. The first-order valence-electron chi connectivity index (χ1n) is 4.26. The lowest BCUT2D eigenvalue weighted by atomic mass is 10.1. The van der Waals surface area contributed by atoms with Crippen LogP contribution in [0, 0.1) is 0 Å². The van der Waals surface area contributed by atoms with Gasteiger partial charge in [-0.2, -0.15) is 0 Å². The van der Waals surface area contributed by atoms with E-state index in [1.54, 1.807) is 0 Å². The minimum absolute atomic E-state index is 0.124. The highest BCUT2D eigenvalue weighted by molar-refractivity contribution is 9.10. The molecule has 5 heteroatoms. The minimum Gasteiger partial charge on any atom is -0.479 e. The van der Waals surface area contributed by atoms with Gasteiger partial charge in [-0.25, -0.2) is 4.79 Å². The number of carboxylic acids is 1. The van der Waals surface area contributed by atoms with E-state index in [1.165, 1.54) is 18.7 Å². The largest absolute Gasteiger partial charge is 0.479 e. The summed E-state index contributed by atoms with van der Waals surface area (Å²) >= 11 is 4.63. The molecule has 0 fully saturated rings. The second kappa shape index (κ2) is 5.01. The van der Waals surface area contributed by atoms with Crippen LogP contribution in [-0.2, 0) is 4.79 Å². The van der Waals surface area contributed by atoms with Crippen LogP contribution in [0.3, 0.4) is 0 Å². The topological polar surface area (TPSA) is 57.5 Å². The molecule has 1 rings (SSSR count). The molecule has 1 atom stereocenters. The van der Waals surface area contributed by atoms with Gasteiger partial charge in [0.1, 0.15) is 0 Å². The maximum absolute atomic E-state index is 10.6. The van der Waals surface area contributed by atoms with Crippen LogP contribution in [-0.4, -0.2) is 27.5 Å². The average Bonchev–Trinajstić information content (AvgIpc) is 2.15. The molecule has 0 amide bonds. The Morgan fingerprint density at radius 3 is 2.80 bits per heavy atom. The molecule has 1 aromatic carbocycles. The zero-order valence-corrected chi connectivity index (χ0v) is 10.5. The molecular weight excluding hydrogens is 280 g/mol. The Morgan fingerprint density at radius 2 is 2.27 bits per heavy atom. The number of rotatable bonds is 4. The fraction of sp³-hybridized carbons (Fsp3) is 0.300. The van der Waals surface area contributed by atoms with Crippen molar-refractivity contribution in [1.29, 1.82) is 0 Å². The third-order valence-corrected chi connectivity index (χ3v) is 3.56. The van der Waals surface area contributed by atoms with Crippen LogP contribution in [0.15, 0.2) is 33.6 Å². The summed E-state index contributed by atoms with van der Waals surface area (Å²) in [5.41, 5.74) is -1.69. The molecule has 0 radical (unpaired) electrons. The van der Waals surface area contributed by atoms with E-state index < -0.39 is 11.6 Å². The summed E-state index contributed by atoms with van der Waals surface area (Å²) in [6.07, 6.45) is 0. The molecule has 0 aliphatic heterocycles. The van der Waals surface area contributed by atoms with Crippen LogP contribution >= 0.6 is 27.7 Å². The van der Waals surface area contributed by atoms with Gasteiger partial charge in [0, 0.05) is 15.1 Å². The van der Waals surface area contributed by atoms with Crippen LogP contribution in [0.5, 0.6) is 0 Å². The number of aliphatic carboxylic acids is 1. The number of carboxylic acid groups (broad SMARTS) is 1. The van der Waals surface area contributed by atoms with E-state index in [0.29, 0.717) is 0 Å². The summed E-state index contributed by atoms with van der Waals surface area (Å²) in [4.78, 5) is 11.6. The summed E-state index contributed by atoms with van der Waals surface area (Å²) in [6, 6.07) is 7.50. The third-order valence-electron chi connectivity index (χ3n) is 1.78. The molecule has 0 bridgehead atoms. The molecule has 0 spiro atoms. The SMILES string of the molecule is CC(O)(CSc1cccc(Br)c1)C(=O)O. The standard InChI is InChI=1S/C10H11BrO3S/c1-10(14,9(12)13)6-15-8-4-2-3-7(11)5-8/h2-5,14H,6H2,1H3,(H,12,13). The monoisotopic (exact) mass is 290 g/mol. The van der Waals surface area contributed by atoms with Crippen molar-refractivity contribution in [2.24, 2.45) is 0 Å². The van der Waals surface area contributed by atoms with Gasteiger partial charge >= 0.3 is 5.97 Å². The van der Waals surface area contributed by atoms with E-state index in [4.69, 9.17) is 5.11 Å². The van der Waals surface area contributed by atoms with E-state index in [2.05, 4.69) is 15.9 Å². The van der Waals surface area contributed by atoms with Gasteiger partial charge in [0.2, 0.25) is 0 Å². The van der Waals surface area contributed by atoms with Crippen molar-refractivity contribution in [1.82, 2.24) is 0 Å². The number of hydrogen-bond acceptors (Lipinski definition) is 3. The van der Waals surface area contributed by atoms with Gasteiger partial charge in [0.25, 0.3) is 0 Å². The lowest BCUT2D eigenvalue weighted by Crippen LogP contribution is -2.37. The van der Waals surface area contributed by atoms with Crippen LogP contribution in [0.1, 0.15) is 6.92 Å². The second-order valence-electron chi connectivity index (χ2n) is 3.33. The molecule has 2 N–H and O–H groups in total. The van der Waals surface area contributed by atoms with Gasteiger partial charge in [0.15, 0.2) is 5.60 Å². The van der Waals surface area contributed by atoms with E-state index >= 15 is 0 Å². The first kappa shape index (κ1) is 12.5. The van der Waals surface area contributed by atoms with E-state index in [9.17, 15) is 9.90 Å². The number of carbonyl (C=O) groups is 1.